The van der Waals surface area contributed by atoms with Crippen LogP contribution in [0.4, 0.5) is 0 Å². The third-order valence-corrected chi connectivity index (χ3v) is 2.63. The smallest absolute Gasteiger partial charge is 0.407 e. The largest absolute Gasteiger partial charge is 0.419 e. The number of hydrogen-bond acceptors (Lipinski definition) is 2. The Kier molecular flexibility index (Phi) is 2.95. The highest BCUT2D eigenvalue weighted by molar-refractivity contribution is 5.59. The van der Waals surface area contributed by atoms with Crippen molar-refractivity contribution in [1.29, 1.82) is 0 Å². The number of hydrogen-bond donors (Lipinski definition) is 0. The van der Waals surface area contributed by atoms with Crippen LogP contribution in [0.3, 0.4) is 0 Å². The summed E-state index contributed by atoms with van der Waals surface area (Å²) in [7, 11) is 0. The molecule has 0 aliphatic rings. The summed E-state index contributed by atoms with van der Waals surface area (Å²) < 4.78 is 6.97. The van der Waals surface area contributed by atoms with Crippen LogP contribution in [0.5, 0.6) is 0 Å². The van der Waals surface area contributed by atoms with E-state index in [-0.39, 0.29) is 5.76 Å². The van der Waals surface area contributed by atoms with E-state index >= 15 is 0 Å². The van der Waals surface area contributed by atoms with Gasteiger partial charge in [-0.15, -0.1) is 0 Å². The van der Waals surface area contributed by atoms with Gasteiger partial charge in [0.25, 0.3) is 0 Å². The fourth-order valence-corrected chi connectivity index (χ4v) is 1.82. The third-order valence-electron chi connectivity index (χ3n) is 2.63. The van der Waals surface area contributed by atoms with Crippen LogP contribution < -0.4 is 5.76 Å². The van der Waals surface area contributed by atoms with E-state index in [0.717, 1.165) is 17.7 Å². The molecule has 0 saturated heterocycles. The number of rotatable bonds is 3. The van der Waals surface area contributed by atoms with Crippen LogP contribution >= 0.6 is 0 Å². The van der Waals surface area contributed by atoms with E-state index < -0.39 is 0 Å². The molecule has 16 heavy (non-hydrogen) atoms. The first-order valence-electron chi connectivity index (χ1n) is 5.49. The highest BCUT2D eigenvalue weighted by Gasteiger charge is 2.13. The van der Waals surface area contributed by atoms with Crippen molar-refractivity contribution in [2.24, 2.45) is 0 Å². The van der Waals surface area contributed by atoms with Crippen LogP contribution in [0, 0.1) is 6.92 Å². The molecule has 2 rings (SSSR count). The van der Waals surface area contributed by atoms with Crippen molar-refractivity contribution in [3.63, 3.8) is 0 Å². The zero-order valence-corrected chi connectivity index (χ0v) is 9.56. The van der Waals surface area contributed by atoms with Crippen LogP contribution in [0.2, 0.25) is 0 Å². The van der Waals surface area contributed by atoms with Crippen LogP contribution in [-0.4, -0.2) is 4.57 Å². The van der Waals surface area contributed by atoms with Gasteiger partial charge in [0, 0.05) is 12.1 Å². The van der Waals surface area contributed by atoms with E-state index in [9.17, 15) is 4.79 Å². The van der Waals surface area contributed by atoms with Crippen molar-refractivity contribution in [2.45, 2.75) is 26.8 Å². The van der Waals surface area contributed by atoms with Gasteiger partial charge in [-0.1, -0.05) is 37.3 Å². The van der Waals surface area contributed by atoms with Crippen LogP contribution in [0.1, 0.15) is 19.0 Å². The standard InChI is InChI=1S/C13H15NO2/c1-3-9-14-10(2)12(16-13(14)15)11-7-5-4-6-8-11/h4-8H,3,9H2,1-2H3. The lowest BCUT2D eigenvalue weighted by atomic mass is 10.1. The molecule has 0 unspecified atom stereocenters. The minimum Gasteiger partial charge on any atom is -0.407 e. The molecule has 0 aliphatic carbocycles. The molecular weight excluding hydrogens is 202 g/mol. The molecule has 0 bridgehead atoms. The average molecular weight is 217 g/mol. The van der Waals surface area contributed by atoms with Crippen molar-refractivity contribution in [3.05, 3.63) is 46.6 Å². The van der Waals surface area contributed by atoms with Gasteiger partial charge in [-0.05, 0) is 13.3 Å². The van der Waals surface area contributed by atoms with E-state index in [4.69, 9.17) is 4.42 Å². The summed E-state index contributed by atoms with van der Waals surface area (Å²) in [6.45, 7) is 4.67. The zero-order chi connectivity index (χ0) is 11.5. The van der Waals surface area contributed by atoms with Crippen molar-refractivity contribution >= 4 is 0 Å². The number of benzene rings is 1. The molecule has 0 radical (unpaired) electrons. The molecule has 0 aliphatic heterocycles. The predicted molar refractivity (Wildman–Crippen MR) is 63.4 cm³/mol. The van der Waals surface area contributed by atoms with Crippen LogP contribution in [-0.2, 0) is 6.54 Å². The lowest BCUT2D eigenvalue weighted by Crippen LogP contribution is -2.15. The molecule has 0 atom stereocenters. The summed E-state index contributed by atoms with van der Waals surface area (Å²) in [5.41, 5.74) is 1.85. The van der Waals surface area contributed by atoms with Crippen LogP contribution in [0.15, 0.2) is 39.5 Å². The summed E-state index contributed by atoms with van der Waals surface area (Å²) in [5, 5.41) is 0. The number of aromatic nitrogens is 1. The van der Waals surface area contributed by atoms with Crippen molar-refractivity contribution in [1.82, 2.24) is 4.57 Å². The summed E-state index contributed by atoms with van der Waals surface area (Å²) in [6, 6.07) is 9.71. The minimum atomic E-state index is -0.266. The second kappa shape index (κ2) is 4.39. The highest BCUT2D eigenvalue weighted by atomic mass is 16.4. The quantitative estimate of drug-likeness (QED) is 0.792. The molecule has 3 nitrogen and oxygen atoms in total. The summed E-state index contributed by atoms with van der Waals surface area (Å²) in [5.74, 6) is 0.414. The number of nitrogens with zero attached hydrogens (tertiary/aromatic N) is 1. The van der Waals surface area contributed by atoms with Crippen LogP contribution in [0.25, 0.3) is 11.3 Å². The Morgan fingerprint density at radius 3 is 2.56 bits per heavy atom. The minimum absolute atomic E-state index is 0.266. The fourth-order valence-electron chi connectivity index (χ4n) is 1.82. The molecule has 1 aromatic carbocycles. The normalized spacial score (nSPS) is 10.6. The zero-order valence-electron chi connectivity index (χ0n) is 9.56. The first-order chi connectivity index (χ1) is 7.74. The van der Waals surface area contributed by atoms with Gasteiger partial charge in [-0.25, -0.2) is 4.79 Å². The molecular formula is C13H15NO2. The highest BCUT2D eigenvalue weighted by Crippen LogP contribution is 2.21. The molecule has 1 aromatic heterocycles. The first kappa shape index (κ1) is 10.7. The molecule has 3 heteroatoms. The van der Waals surface area contributed by atoms with E-state index in [1.807, 2.05) is 44.2 Å². The SMILES string of the molecule is CCCn1c(C)c(-c2ccccc2)oc1=O. The Bertz CT molecular complexity index is 523. The first-order valence-corrected chi connectivity index (χ1v) is 5.49. The molecule has 0 amide bonds. The Labute approximate surface area is 94.3 Å². The number of oxazole rings is 1. The van der Waals surface area contributed by atoms with Gasteiger partial charge in [0.2, 0.25) is 0 Å². The lowest BCUT2D eigenvalue weighted by molar-refractivity contribution is 0.483. The van der Waals surface area contributed by atoms with E-state index in [2.05, 4.69) is 0 Å². The van der Waals surface area contributed by atoms with E-state index in [1.165, 1.54) is 0 Å². The molecule has 84 valence electrons. The van der Waals surface area contributed by atoms with Crippen molar-refractivity contribution in [2.75, 3.05) is 0 Å². The maximum atomic E-state index is 11.6. The van der Waals surface area contributed by atoms with Gasteiger partial charge in [0.15, 0.2) is 5.76 Å². The summed E-state index contributed by atoms with van der Waals surface area (Å²) >= 11 is 0. The Balaban J connectivity index is 2.52. The fraction of sp³-hybridized carbons (Fsp3) is 0.308. The summed E-state index contributed by atoms with van der Waals surface area (Å²) in [6.07, 6.45) is 0.925. The van der Waals surface area contributed by atoms with E-state index in [0.29, 0.717) is 12.3 Å². The monoisotopic (exact) mass is 217 g/mol. The molecule has 0 saturated carbocycles. The maximum Gasteiger partial charge on any atom is 0.419 e. The average Bonchev–Trinajstić information content (AvgIpc) is 2.59. The maximum absolute atomic E-state index is 11.6. The topological polar surface area (TPSA) is 35.1 Å². The Morgan fingerprint density at radius 1 is 1.25 bits per heavy atom. The molecule has 2 aromatic rings. The van der Waals surface area contributed by atoms with Gasteiger partial charge in [-0.2, -0.15) is 0 Å². The van der Waals surface area contributed by atoms with Crippen molar-refractivity contribution in [3.8, 4) is 11.3 Å². The van der Waals surface area contributed by atoms with Gasteiger partial charge in [0.05, 0.1) is 5.69 Å². The lowest BCUT2D eigenvalue weighted by Gasteiger charge is -2.00. The second-order valence-corrected chi connectivity index (χ2v) is 3.80. The van der Waals surface area contributed by atoms with Gasteiger partial charge < -0.3 is 4.42 Å². The van der Waals surface area contributed by atoms with Gasteiger partial charge in [0.1, 0.15) is 0 Å². The third kappa shape index (κ3) is 1.81. The Morgan fingerprint density at radius 2 is 1.94 bits per heavy atom. The molecule has 0 fully saturated rings. The van der Waals surface area contributed by atoms with E-state index in [1.54, 1.807) is 4.57 Å². The second-order valence-electron chi connectivity index (χ2n) is 3.80. The summed E-state index contributed by atoms with van der Waals surface area (Å²) in [4.78, 5) is 11.6. The van der Waals surface area contributed by atoms with Crippen molar-refractivity contribution < 1.29 is 4.42 Å². The van der Waals surface area contributed by atoms with Gasteiger partial charge >= 0.3 is 5.76 Å². The van der Waals surface area contributed by atoms with Gasteiger partial charge in [-0.3, -0.25) is 4.57 Å². The molecule has 0 spiro atoms. The predicted octanol–water partition coefficient (Wildman–Crippen LogP) is 2.83. The molecule has 1 heterocycles. The Hall–Kier alpha value is -1.77. The molecule has 0 N–H and O–H groups in total.